The zero-order valence-electron chi connectivity index (χ0n) is 12.0. The first kappa shape index (κ1) is 15.1. The van der Waals surface area contributed by atoms with Gasteiger partial charge < -0.3 is 15.4 Å². The number of hydrogen-bond donors (Lipinski definition) is 1. The van der Waals surface area contributed by atoms with Crippen molar-refractivity contribution < 1.29 is 13.5 Å². The second kappa shape index (κ2) is 6.43. The first-order chi connectivity index (χ1) is 10.0. The number of nitrogen functional groups attached to an aromatic ring is 1. The van der Waals surface area contributed by atoms with Crippen molar-refractivity contribution >= 4 is 11.4 Å². The van der Waals surface area contributed by atoms with Crippen molar-refractivity contribution in [2.75, 3.05) is 24.8 Å². The maximum atomic E-state index is 13.1. The first-order valence-corrected chi connectivity index (χ1v) is 6.53. The molecule has 3 nitrogen and oxygen atoms in total. The van der Waals surface area contributed by atoms with Gasteiger partial charge in [0.25, 0.3) is 6.43 Å². The highest BCUT2D eigenvalue weighted by atomic mass is 19.3. The smallest absolute Gasteiger partial charge is 0.265 e. The number of rotatable bonds is 5. The van der Waals surface area contributed by atoms with Crippen LogP contribution in [-0.4, -0.2) is 14.2 Å². The molecule has 0 fully saturated rings. The van der Waals surface area contributed by atoms with E-state index in [4.69, 9.17) is 10.5 Å². The predicted molar refractivity (Wildman–Crippen MR) is 80.9 cm³/mol. The molecule has 0 aliphatic rings. The summed E-state index contributed by atoms with van der Waals surface area (Å²) in [6, 6.07) is 12.1. The fourth-order valence-electron chi connectivity index (χ4n) is 2.19. The van der Waals surface area contributed by atoms with E-state index in [-0.39, 0.29) is 5.56 Å². The number of hydrogen-bond acceptors (Lipinski definition) is 3. The van der Waals surface area contributed by atoms with Gasteiger partial charge in [0.05, 0.1) is 7.11 Å². The van der Waals surface area contributed by atoms with Gasteiger partial charge in [-0.25, -0.2) is 8.78 Å². The molecule has 2 aromatic rings. The lowest BCUT2D eigenvalue weighted by atomic mass is 10.1. The fraction of sp³-hybridized carbons (Fsp3) is 0.250. The quantitative estimate of drug-likeness (QED) is 0.851. The molecule has 2 rings (SSSR count). The van der Waals surface area contributed by atoms with Crippen molar-refractivity contribution in [1.82, 2.24) is 0 Å². The average molecular weight is 292 g/mol. The van der Waals surface area contributed by atoms with Crippen molar-refractivity contribution in [3.63, 3.8) is 0 Å². The summed E-state index contributed by atoms with van der Waals surface area (Å²) in [4.78, 5) is 1.78. The molecule has 5 heteroatoms. The van der Waals surface area contributed by atoms with Crippen molar-refractivity contribution in [2.45, 2.75) is 13.0 Å². The Morgan fingerprint density at radius 3 is 2.38 bits per heavy atom. The largest absolute Gasteiger partial charge is 0.497 e. The second-order valence-corrected chi connectivity index (χ2v) is 4.82. The molecule has 2 N–H and O–H groups in total. The molecule has 112 valence electrons. The van der Waals surface area contributed by atoms with Gasteiger partial charge in [0, 0.05) is 30.5 Å². The third-order valence-electron chi connectivity index (χ3n) is 3.28. The number of nitrogens with two attached hydrogens (primary N) is 1. The summed E-state index contributed by atoms with van der Waals surface area (Å²) in [6.45, 7) is 0.521. The second-order valence-electron chi connectivity index (χ2n) is 4.82. The van der Waals surface area contributed by atoms with Gasteiger partial charge in [-0.05, 0) is 35.9 Å². The fourth-order valence-corrected chi connectivity index (χ4v) is 2.19. The van der Waals surface area contributed by atoms with E-state index in [9.17, 15) is 8.78 Å². The van der Waals surface area contributed by atoms with Gasteiger partial charge in [-0.1, -0.05) is 12.1 Å². The lowest BCUT2D eigenvalue weighted by molar-refractivity contribution is 0.152. The monoisotopic (exact) mass is 292 g/mol. The highest BCUT2D eigenvalue weighted by molar-refractivity contribution is 5.60. The van der Waals surface area contributed by atoms with E-state index < -0.39 is 6.43 Å². The number of ether oxygens (including phenoxy) is 1. The van der Waals surface area contributed by atoms with Gasteiger partial charge in [-0.15, -0.1) is 0 Å². The molecule has 0 saturated carbocycles. The zero-order valence-corrected chi connectivity index (χ0v) is 12.0. The van der Waals surface area contributed by atoms with Gasteiger partial charge in [0.2, 0.25) is 0 Å². The van der Waals surface area contributed by atoms with E-state index in [1.54, 1.807) is 31.2 Å². The van der Waals surface area contributed by atoms with Crippen molar-refractivity contribution in [3.8, 4) is 5.75 Å². The Balaban J connectivity index is 2.21. The molecule has 0 aliphatic carbocycles. The van der Waals surface area contributed by atoms with E-state index in [0.29, 0.717) is 17.9 Å². The topological polar surface area (TPSA) is 38.5 Å². The molecule has 0 spiro atoms. The highest BCUT2D eigenvalue weighted by Crippen LogP contribution is 2.31. The minimum atomic E-state index is -2.55. The van der Waals surface area contributed by atoms with E-state index >= 15 is 0 Å². The number of benzene rings is 2. The molecule has 0 aliphatic heterocycles. The molecular formula is C16H18F2N2O. The SMILES string of the molecule is COc1ccc(CN(C)c2ccc(N)cc2C(F)F)cc1. The maximum Gasteiger partial charge on any atom is 0.265 e. The van der Waals surface area contributed by atoms with Crippen LogP contribution in [0.25, 0.3) is 0 Å². The van der Waals surface area contributed by atoms with Crippen LogP contribution in [0.3, 0.4) is 0 Å². The Labute approximate surface area is 122 Å². The summed E-state index contributed by atoms with van der Waals surface area (Å²) in [5.74, 6) is 0.766. The van der Waals surface area contributed by atoms with Crippen LogP contribution in [-0.2, 0) is 6.54 Å². The number of nitrogens with zero attached hydrogens (tertiary/aromatic N) is 1. The number of alkyl halides is 2. The van der Waals surface area contributed by atoms with Gasteiger partial charge in [0.1, 0.15) is 5.75 Å². The summed E-state index contributed by atoms with van der Waals surface area (Å²) in [7, 11) is 3.38. The lowest BCUT2D eigenvalue weighted by Crippen LogP contribution is -2.18. The Morgan fingerprint density at radius 2 is 1.81 bits per heavy atom. The average Bonchev–Trinajstić information content (AvgIpc) is 2.47. The molecule has 0 amide bonds. The summed E-state index contributed by atoms with van der Waals surface area (Å²) in [5.41, 5.74) is 7.37. The zero-order chi connectivity index (χ0) is 15.4. The number of halogens is 2. The van der Waals surface area contributed by atoms with E-state index in [0.717, 1.165) is 11.3 Å². The Hall–Kier alpha value is -2.30. The summed E-state index contributed by atoms with van der Waals surface area (Å²) in [6.07, 6.45) is -2.55. The van der Waals surface area contributed by atoms with Crippen LogP contribution in [0, 0.1) is 0 Å². The number of anilines is 2. The molecule has 0 bridgehead atoms. The predicted octanol–water partition coefficient (Wildman–Crippen LogP) is 3.85. The molecule has 0 atom stereocenters. The Bertz CT molecular complexity index is 600. The van der Waals surface area contributed by atoms with Crippen LogP contribution in [0.2, 0.25) is 0 Å². The Kier molecular flexibility index (Phi) is 4.62. The van der Waals surface area contributed by atoms with Gasteiger partial charge in [-0.3, -0.25) is 0 Å². The van der Waals surface area contributed by atoms with Crippen LogP contribution in [0.15, 0.2) is 42.5 Å². The van der Waals surface area contributed by atoms with E-state index in [2.05, 4.69) is 0 Å². The normalized spacial score (nSPS) is 10.7. The van der Waals surface area contributed by atoms with Crippen LogP contribution >= 0.6 is 0 Å². The summed E-state index contributed by atoms with van der Waals surface area (Å²) < 4.78 is 31.3. The molecular weight excluding hydrogens is 274 g/mol. The van der Waals surface area contributed by atoms with Gasteiger partial charge >= 0.3 is 0 Å². The molecule has 0 heterocycles. The maximum absolute atomic E-state index is 13.1. The third-order valence-corrected chi connectivity index (χ3v) is 3.28. The minimum absolute atomic E-state index is 0.0500. The van der Waals surface area contributed by atoms with Crippen LogP contribution in [0.1, 0.15) is 17.6 Å². The van der Waals surface area contributed by atoms with Crippen LogP contribution in [0.5, 0.6) is 5.75 Å². The van der Waals surface area contributed by atoms with Crippen LogP contribution in [0.4, 0.5) is 20.2 Å². The van der Waals surface area contributed by atoms with Crippen LogP contribution < -0.4 is 15.4 Å². The number of methoxy groups -OCH3 is 1. The molecule has 0 unspecified atom stereocenters. The molecule has 0 aromatic heterocycles. The van der Waals surface area contributed by atoms with Gasteiger partial charge in [-0.2, -0.15) is 0 Å². The first-order valence-electron chi connectivity index (χ1n) is 6.53. The Morgan fingerprint density at radius 1 is 1.14 bits per heavy atom. The summed E-state index contributed by atoms with van der Waals surface area (Å²) >= 11 is 0. The lowest BCUT2D eigenvalue weighted by Gasteiger charge is -2.23. The van der Waals surface area contributed by atoms with Gasteiger partial charge in [0.15, 0.2) is 0 Å². The molecule has 2 aromatic carbocycles. The van der Waals surface area contributed by atoms with Crippen molar-refractivity contribution in [2.24, 2.45) is 0 Å². The van der Waals surface area contributed by atoms with Crippen molar-refractivity contribution in [3.05, 3.63) is 53.6 Å². The highest BCUT2D eigenvalue weighted by Gasteiger charge is 2.16. The standard InChI is InChI=1S/C16H18F2N2O/c1-20(10-11-3-6-13(21-2)7-4-11)15-8-5-12(19)9-14(15)16(17)18/h3-9,16H,10,19H2,1-2H3. The third kappa shape index (κ3) is 3.62. The molecule has 0 saturated heterocycles. The van der Waals surface area contributed by atoms with E-state index in [1.807, 2.05) is 24.3 Å². The van der Waals surface area contributed by atoms with E-state index in [1.165, 1.54) is 6.07 Å². The minimum Gasteiger partial charge on any atom is -0.497 e. The molecule has 21 heavy (non-hydrogen) atoms. The van der Waals surface area contributed by atoms with Crippen molar-refractivity contribution in [1.29, 1.82) is 0 Å². The molecule has 0 radical (unpaired) electrons. The summed E-state index contributed by atoms with van der Waals surface area (Å²) in [5, 5.41) is 0.